The third kappa shape index (κ3) is 13.5. The zero-order valence-electron chi connectivity index (χ0n) is 25.9. The summed E-state index contributed by atoms with van der Waals surface area (Å²) >= 11 is 4.66. The molecule has 2 amide bonds. The molecular formula is C32H46FN3O7S2. The van der Waals surface area contributed by atoms with Crippen molar-refractivity contribution in [1.82, 2.24) is 15.4 Å². The van der Waals surface area contributed by atoms with Crippen LogP contribution in [0.15, 0.2) is 47.4 Å². The molecule has 1 fully saturated rings. The average molecular weight is 668 g/mol. The van der Waals surface area contributed by atoms with Gasteiger partial charge in [-0.2, -0.15) is 12.6 Å². The van der Waals surface area contributed by atoms with E-state index in [1.54, 1.807) is 18.2 Å². The number of thiol groups is 1. The second-order valence-corrected chi connectivity index (χ2v) is 13.5. The number of halogens is 1. The van der Waals surface area contributed by atoms with Crippen LogP contribution < -0.4 is 15.4 Å². The van der Waals surface area contributed by atoms with Gasteiger partial charge in [0.05, 0.1) is 4.90 Å². The first-order chi connectivity index (χ1) is 21.4. The van der Waals surface area contributed by atoms with Gasteiger partial charge in [0.2, 0.25) is 5.91 Å². The molecule has 0 saturated heterocycles. The summed E-state index contributed by atoms with van der Waals surface area (Å²) in [6.07, 6.45) is 6.89. The number of carbonyl (C=O) groups excluding carboxylic acids is 2. The quantitative estimate of drug-likeness (QED) is 0.120. The van der Waals surface area contributed by atoms with Gasteiger partial charge in [0, 0.05) is 48.9 Å². The highest BCUT2D eigenvalue weighted by atomic mass is 32.2. The van der Waals surface area contributed by atoms with Gasteiger partial charge in [-0.15, -0.1) is 0 Å². The van der Waals surface area contributed by atoms with Gasteiger partial charge in [0.1, 0.15) is 11.9 Å². The van der Waals surface area contributed by atoms with Crippen molar-refractivity contribution in [1.29, 1.82) is 0 Å². The van der Waals surface area contributed by atoms with Gasteiger partial charge in [0.15, 0.2) is 0 Å². The number of benzene rings is 2. The van der Waals surface area contributed by atoms with Crippen molar-refractivity contribution in [3.8, 4) is 11.1 Å². The predicted octanol–water partition coefficient (Wildman–Crippen LogP) is 4.41. The minimum atomic E-state index is -4.29. The fourth-order valence-corrected chi connectivity index (χ4v) is 6.48. The lowest BCUT2D eigenvalue weighted by molar-refractivity contribution is -0.137. The van der Waals surface area contributed by atoms with E-state index in [1.165, 1.54) is 43.5 Å². The Kier molecular flexibility index (Phi) is 16.5. The number of carbonyl (C=O) groups is 3. The monoisotopic (exact) mass is 667 g/mol. The molecule has 0 aromatic heterocycles. The number of hydrogen-bond acceptors (Lipinski definition) is 8. The molecule has 45 heavy (non-hydrogen) atoms. The van der Waals surface area contributed by atoms with E-state index in [-0.39, 0.29) is 34.6 Å². The molecule has 13 heteroatoms. The van der Waals surface area contributed by atoms with Crippen LogP contribution in [-0.2, 0) is 31.0 Å². The number of amides is 2. The Balaban J connectivity index is 0.000000900. The number of aliphatic hydroxyl groups is 1. The van der Waals surface area contributed by atoms with Gasteiger partial charge in [-0.3, -0.25) is 14.4 Å². The molecule has 1 aliphatic rings. The van der Waals surface area contributed by atoms with E-state index in [4.69, 9.17) is 5.11 Å². The fourth-order valence-electron chi connectivity index (χ4n) is 4.82. The van der Waals surface area contributed by atoms with E-state index in [0.717, 1.165) is 32.6 Å². The average Bonchev–Trinajstić information content (AvgIpc) is 3.02. The number of hydrogen-bond donors (Lipinski definition) is 6. The molecule has 1 saturated carbocycles. The van der Waals surface area contributed by atoms with Crippen LogP contribution >= 0.6 is 12.6 Å². The molecule has 250 valence electrons. The van der Waals surface area contributed by atoms with Gasteiger partial charge >= 0.3 is 5.97 Å². The minimum absolute atomic E-state index is 0.0799. The van der Waals surface area contributed by atoms with Crippen LogP contribution in [0.4, 0.5) is 4.39 Å². The maximum Gasteiger partial charge on any atom is 0.303 e. The number of carboxylic acids is 1. The number of aliphatic hydroxyl groups excluding tert-OH is 1. The molecule has 2 atom stereocenters. The van der Waals surface area contributed by atoms with Crippen molar-refractivity contribution >= 4 is 40.4 Å². The summed E-state index contributed by atoms with van der Waals surface area (Å²) in [5.41, 5.74) is 0.893. The van der Waals surface area contributed by atoms with Crippen LogP contribution in [-0.4, -0.2) is 60.9 Å². The topological polar surface area (TPSA) is 162 Å². The van der Waals surface area contributed by atoms with Gasteiger partial charge in [-0.05, 0) is 49.8 Å². The highest BCUT2D eigenvalue weighted by molar-refractivity contribution is 7.90. The largest absolute Gasteiger partial charge is 0.481 e. The number of sulfonamides is 1. The Morgan fingerprint density at radius 2 is 1.76 bits per heavy atom. The van der Waals surface area contributed by atoms with Crippen molar-refractivity contribution in [2.45, 2.75) is 94.4 Å². The summed E-state index contributed by atoms with van der Waals surface area (Å²) < 4.78 is 42.1. The second-order valence-electron chi connectivity index (χ2n) is 11.1. The zero-order valence-corrected chi connectivity index (χ0v) is 27.6. The molecule has 1 aliphatic carbocycles. The van der Waals surface area contributed by atoms with E-state index >= 15 is 0 Å². The third-order valence-electron chi connectivity index (χ3n) is 7.45. The summed E-state index contributed by atoms with van der Waals surface area (Å²) in [5, 5.41) is 23.5. The number of carboxylic acid groups (broad SMARTS) is 1. The van der Waals surface area contributed by atoms with Crippen LogP contribution in [0.5, 0.6) is 0 Å². The predicted molar refractivity (Wildman–Crippen MR) is 175 cm³/mol. The van der Waals surface area contributed by atoms with Crippen LogP contribution in [0.3, 0.4) is 0 Å². The molecular weight excluding hydrogens is 621 g/mol. The van der Waals surface area contributed by atoms with E-state index in [1.807, 2.05) is 11.6 Å². The Morgan fingerprint density at radius 3 is 2.36 bits per heavy atom. The van der Waals surface area contributed by atoms with Crippen LogP contribution in [0, 0.1) is 11.7 Å². The van der Waals surface area contributed by atoms with Gasteiger partial charge < -0.3 is 20.8 Å². The molecule has 3 rings (SSSR count). The molecule has 0 aliphatic heterocycles. The standard InChI is InChI=1S/C27H36FN3O5S2.C5H10O2/c1-18(32)27(34)31-38(35,36)25-10-6-5-9-22(25)20-11-12-21(23(28)15-20)16-29-14-13-26(33)30-17-24(37)19-7-3-2-4-8-19;1-2-3-4-5(6)7/h5-6,9-12,15,18-19,24,29,32,37H,2-4,7-8,13-14,16-17H2,1H3,(H,30,33)(H,31,34);2-4H2,1H3,(H,6,7)/t18-,24-;/m0./s1. The van der Waals surface area contributed by atoms with Crippen LogP contribution in [0.2, 0.25) is 0 Å². The van der Waals surface area contributed by atoms with E-state index in [0.29, 0.717) is 36.6 Å². The number of aliphatic carboxylic acids is 1. The first-order valence-electron chi connectivity index (χ1n) is 15.4. The lowest BCUT2D eigenvalue weighted by Crippen LogP contribution is -2.37. The van der Waals surface area contributed by atoms with Gasteiger partial charge in [0.25, 0.3) is 15.9 Å². The summed E-state index contributed by atoms with van der Waals surface area (Å²) in [5.74, 6) is -1.82. The van der Waals surface area contributed by atoms with Gasteiger partial charge in [-0.1, -0.05) is 62.9 Å². The van der Waals surface area contributed by atoms with Crippen molar-refractivity contribution in [3.63, 3.8) is 0 Å². The second kappa shape index (κ2) is 19.5. The zero-order chi connectivity index (χ0) is 33.4. The Bertz CT molecular complexity index is 1370. The number of rotatable bonds is 15. The van der Waals surface area contributed by atoms with Crippen molar-refractivity contribution in [3.05, 3.63) is 53.8 Å². The van der Waals surface area contributed by atoms with E-state index in [9.17, 15) is 32.3 Å². The Labute approximate surface area is 271 Å². The summed E-state index contributed by atoms with van der Waals surface area (Å²) in [6, 6.07) is 10.3. The molecule has 2 aromatic carbocycles. The van der Waals surface area contributed by atoms with E-state index in [2.05, 4.69) is 23.3 Å². The first-order valence-corrected chi connectivity index (χ1v) is 17.4. The smallest absolute Gasteiger partial charge is 0.303 e. The van der Waals surface area contributed by atoms with Gasteiger partial charge in [-0.25, -0.2) is 17.5 Å². The number of nitrogens with one attached hydrogen (secondary N) is 3. The molecule has 0 bridgehead atoms. The summed E-state index contributed by atoms with van der Waals surface area (Å²) in [7, 11) is -4.29. The highest BCUT2D eigenvalue weighted by Gasteiger charge is 2.24. The summed E-state index contributed by atoms with van der Waals surface area (Å²) in [6.45, 7) is 4.24. The lowest BCUT2D eigenvalue weighted by atomic mass is 9.86. The molecule has 2 aromatic rings. The number of unbranched alkanes of at least 4 members (excludes halogenated alkanes) is 1. The molecule has 0 heterocycles. The van der Waals surface area contributed by atoms with Crippen molar-refractivity contribution < 1.29 is 37.4 Å². The van der Waals surface area contributed by atoms with Crippen molar-refractivity contribution in [2.75, 3.05) is 13.1 Å². The molecule has 0 radical (unpaired) electrons. The molecule has 0 unspecified atom stereocenters. The highest BCUT2D eigenvalue weighted by Crippen LogP contribution is 2.29. The van der Waals surface area contributed by atoms with Crippen LogP contribution in [0.25, 0.3) is 11.1 Å². The first kappa shape index (κ1) is 38.2. The van der Waals surface area contributed by atoms with E-state index < -0.39 is 33.8 Å². The van der Waals surface area contributed by atoms with Crippen molar-refractivity contribution in [2.24, 2.45) is 5.92 Å². The third-order valence-corrected chi connectivity index (χ3v) is 9.46. The van der Waals surface area contributed by atoms with Crippen LogP contribution in [0.1, 0.15) is 77.2 Å². The minimum Gasteiger partial charge on any atom is -0.481 e. The fraction of sp³-hybridized carbons (Fsp3) is 0.531. The molecule has 0 spiro atoms. The maximum atomic E-state index is 14.9. The lowest BCUT2D eigenvalue weighted by Gasteiger charge is -2.27. The Hall–Kier alpha value is -3.00. The maximum absolute atomic E-state index is 14.9. The normalized spacial score (nSPS) is 14.9. The summed E-state index contributed by atoms with van der Waals surface area (Å²) in [4.78, 5) is 33.5. The SMILES string of the molecule is CCCCC(=O)O.C[C@H](O)C(=O)NS(=O)(=O)c1ccccc1-c1ccc(CNCCC(=O)NC[C@H](S)C2CCCCC2)c(F)c1. The molecule has 10 nitrogen and oxygen atoms in total. The molecule has 5 N–H and O–H groups in total. The Morgan fingerprint density at radius 1 is 1.07 bits per heavy atom.